The minimum absolute atomic E-state index is 0.163. The Morgan fingerprint density at radius 2 is 2.27 bits per heavy atom. The van der Waals surface area contributed by atoms with E-state index in [0.717, 1.165) is 11.3 Å². The number of pyridine rings is 1. The highest BCUT2D eigenvalue weighted by atomic mass is 32.1. The van der Waals surface area contributed by atoms with Crippen molar-refractivity contribution in [2.24, 2.45) is 0 Å². The van der Waals surface area contributed by atoms with Crippen LogP contribution in [0.2, 0.25) is 0 Å². The third kappa shape index (κ3) is 1.69. The molecular weight excluding hydrogens is 212 g/mol. The minimum Gasteiger partial charge on any atom is -0.477 e. The van der Waals surface area contributed by atoms with Crippen LogP contribution < -0.4 is 5.73 Å². The van der Waals surface area contributed by atoms with Crippen molar-refractivity contribution in [3.05, 3.63) is 34.7 Å². The molecule has 0 spiro atoms. The van der Waals surface area contributed by atoms with Crippen LogP contribution in [-0.4, -0.2) is 16.1 Å². The lowest BCUT2D eigenvalue weighted by Gasteiger charge is -1.98. The molecule has 0 aliphatic carbocycles. The summed E-state index contributed by atoms with van der Waals surface area (Å²) in [5.41, 5.74) is 7.38. The van der Waals surface area contributed by atoms with Crippen LogP contribution in [0.5, 0.6) is 0 Å². The Labute approximate surface area is 90.0 Å². The van der Waals surface area contributed by atoms with Crippen LogP contribution in [0.3, 0.4) is 0 Å². The van der Waals surface area contributed by atoms with Crippen molar-refractivity contribution in [2.75, 3.05) is 5.73 Å². The number of carboxylic acids is 1. The number of nitrogens with zero attached hydrogens (tertiary/aromatic N) is 1. The maximum Gasteiger partial charge on any atom is 0.348 e. The van der Waals surface area contributed by atoms with E-state index < -0.39 is 5.97 Å². The number of hydrogen-bond acceptors (Lipinski definition) is 4. The van der Waals surface area contributed by atoms with Gasteiger partial charge in [0.2, 0.25) is 0 Å². The van der Waals surface area contributed by atoms with Gasteiger partial charge in [0.25, 0.3) is 0 Å². The van der Waals surface area contributed by atoms with E-state index in [0.29, 0.717) is 11.3 Å². The molecule has 0 atom stereocenters. The molecule has 0 radical (unpaired) electrons. The number of thiophene rings is 1. The summed E-state index contributed by atoms with van der Waals surface area (Å²) < 4.78 is 0. The highest BCUT2D eigenvalue weighted by molar-refractivity contribution is 7.13. The summed E-state index contributed by atoms with van der Waals surface area (Å²) in [6.45, 7) is 0. The van der Waals surface area contributed by atoms with Crippen LogP contribution in [0.1, 0.15) is 9.67 Å². The fourth-order valence-corrected chi connectivity index (χ4v) is 2.07. The average Bonchev–Trinajstić information content (AvgIpc) is 2.61. The predicted molar refractivity (Wildman–Crippen MR) is 58.9 cm³/mol. The Morgan fingerprint density at radius 3 is 2.80 bits per heavy atom. The van der Waals surface area contributed by atoms with E-state index in [1.54, 1.807) is 23.7 Å². The van der Waals surface area contributed by atoms with E-state index in [1.165, 1.54) is 0 Å². The summed E-state index contributed by atoms with van der Waals surface area (Å²) in [6.07, 6.45) is 1.65. The van der Waals surface area contributed by atoms with Gasteiger partial charge in [-0.2, -0.15) is 0 Å². The third-order valence-corrected chi connectivity index (χ3v) is 2.95. The van der Waals surface area contributed by atoms with Gasteiger partial charge in [-0.1, -0.05) is 6.07 Å². The van der Waals surface area contributed by atoms with Crippen LogP contribution in [0.25, 0.3) is 11.3 Å². The Hall–Kier alpha value is -1.88. The molecular formula is C10H8N2O2S. The molecule has 4 nitrogen and oxygen atoms in total. The van der Waals surface area contributed by atoms with Crippen LogP contribution >= 0.6 is 11.3 Å². The largest absolute Gasteiger partial charge is 0.477 e. The number of nitrogen functional groups attached to an aromatic ring is 1. The molecule has 2 aromatic heterocycles. The monoisotopic (exact) mass is 220 g/mol. The second-order valence-electron chi connectivity index (χ2n) is 2.91. The number of carboxylic acid groups (broad SMARTS) is 1. The van der Waals surface area contributed by atoms with Crippen molar-refractivity contribution in [1.82, 2.24) is 4.98 Å². The highest BCUT2D eigenvalue weighted by Crippen LogP contribution is 2.32. The molecule has 0 amide bonds. The number of hydrogen-bond donors (Lipinski definition) is 2. The van der Waals surface area contributed by atoms with E-state index in [2.05, 4.69) is 4.98 Å². The van der Waals surface area contributed by atoms with Gasteiger partial charge in [0, 0.05) is 17.1 Å². The number of carbonyl (C=O) groups is 1. The van der Waals surface area contributed by atoms with Crippen molar-refractivity contribution in [3.8, 4) is 11.3 Å². The summed E-state index contributed by atoms with van der Waals surface area (Å²) in [5, 5.41) is 10.5. The molecule has 2 rings (SSSR count). The number of anilines is 1. The molecule has 0 saturated carbocycles. The summed E-state index contributed by atoms with van der Waals surface area (Å²) in [7, 11) is 0. The second-order valence-corrected chi connectivity index (χ2v) is 3.79. The Kier molecular flexibility index (Phi) is 2.39. The topological polar surface area (TPSA) is 76.2 Å². The van der Waals surface area contributed by atoms with Crippen LogP contribution in [0, 0.1) is 0 Å². The minimum atomic E-state index is -1.00. The predicted octanol–water partition coefficient (Wildman–Crippen LogP) is 2.09. The first kappa shape index (κ1) is 9.67. The van der Waals surface area contributed by atoms with E-state index in [9.17, 15) is 4.79 Å². The molecule has 0 saturated heterocycles. The number of aromatic nitrogens is 1. The van der Waals surface area contributed by atoms with Crippen LogP contribution in [0.4, 0.5) is 5.69 Å². The maximum absolute atomic E-state index is 10.8. The number of nitrogens with two attached hydrogens (primary N) is 1. The molecule has 0 aliphatic rings. The average molecular weight is 220 g/mol. The van der Waals surface area contributed by atoms with Crippen molar-refractivity contribution < 1.29 is 9.90 Å². The molecule has 0 aliphatic heterocycles. The van der Waals surface area contributed by atoms with Gasteiger partial charge in [0.1, 0.15) is 4.88 Å². The molecule has 0 fully saturated rings. The standard InChI is InChI=1S/C10H8N2O2S/c11-8-6(5-15-9(8)10(13)14)7-3-1-2-4-12-7/h1-5H,11H2,(H,13,14). The number of rotatable bonds is 2. The maximum atomic E-state index is 10.8. The van der Waals surface area contributed by atoms with Gasteiger partial charge in [0.15, 0.2) is 0 Å². The van der Waals surface area contributed by atoms with Gasteiger partial charge >= 0.3 is 5.97 Å². The fourth-order valence-electron chi connectivity index (χ4n) is 1.25. The Balaban J connectivity index is 2.52. The highest BCUT2D eigenvalue weighted by Gasteiger charge is 2.15. The smallest absolute Gasteiger partial charge is 0.348 e. The van der Waals surface area contributed by atoms with Crippen molar-refractivity contribution in [2.45, 2.75) is 0 Å². The molecule has 2 heterocycles. The number of aromatic carboxylic acids is 1. The molecule has 5 heteroatoms. The van der Waals surface area contributed by atoms with Gasteiger partial charge < -0.3 is 10.8 Å². The van der Waals surface area contributed by atoms with Crippen LogP contribution in [-0.2, 0) is 0 Å². The molecule has 76 valence electrons. The summed E-state index contributed by atoms with van der Waals surface area (Å²) in [4.78, 5) is 15.1. The molecule has 15 heavy (non-hydrogen) atoms. The zero-order valence-electron chi connectivity index (χ0n) is 7.68. The molecule has 2 aromatic rings. The Bertz CT molecular complexity index is 493. The molecule has 3 N–H and O–H groups in total. The second kappa shape index (κ2) is 3.70. The van der Waals surface area contributed by atoms with Gasteiger partial charge in [-0.25, -0.2) is 4.79 Å². The lowest BCUT2D eigenvalue weighted by atomic mass is 10.2. The van der Waals surface area contributed by atoms with E-state index in [1.807, 2.05) is 6.07 Å². The van der Waals surface area contributed by atoms with E-state index >= 15 is 0 Å². The first-order chi connectivity index (χ1) is 7.20. The van der Waals surface area contributed by atoms with Gasteiger partial charge in [-0.15, -0.1) is 11.3 Å². The zero-order valence-corrected chi connectivity index (χ0v) is 8.49. The van der Waals surface area contributed by atoms with Crippen molar-refractivity contribution in [3.63, 3.8) is 0 Å². The Morgan fingerprint density at radius 1 is 1.47 bits per heavy atom. The van der Waals surface area contributed by atoms with Crippen molar-refractivity contribution in [1.29, 1.82) is 0 Å². The van der Waals surface area contributed by atoms with Crippen molar-refractivity contribution >= 4 is 23.0 Å². The lowest BCUT2D eigenvalue weighted by molar-refractivity contribution is 0.0703. The summed E-state index contributed by atoms with van der Waals surface area (Å²) in [5.74, 6) is -1.00. The molecule has 0 bridgehead atoms. The third-order valence-electron chi connectivity index (χ3n) is 1.96. The summed E-state index contributed by atoms with van der Waals surface area (Å²) >= 11 is 1.11. The quantitative estimate of drug-likeness (QED) is 0.812. The van der Waals surface area contributed by atoms with Crippen LogP contribution in [0.15, 0.2) is 29.8 Å². The SMILES string of the molecule is Nc1c(-c2ccccn2)csc1C(=O)O. The first-order valence-corrected chi connectivity index (χ1v) is 5.10. The summed E-state index contributed by atoms with van der Waals surface area (Å²) in [6, 6.07) is 5.42. The van der Waals surface area contributed by atoms with E-state index in [4.69, 9.17) is 10.8 Å². The fraction of sp³-hybridized carbons (Fsp3) is 0. The molecule has 0 aromatic carbocycles. The first-order valence-electron chi connectivity index (χ1n) is 4.22. The van der Waals surface area contributed by atoms with Gasteiger partial charge in [-0.05, 0) is 12.1 Å². The van der Waals surface area contributed by atoms with E-state index in [-0.39, 0.29) is 10.6 Å². The normalized spacial score (nSPS) is 10.1. The van der Waals surface area contributed by atoms with Gasteiger partial charge in [0.05, 0.1) is 11.4 Å². The molecule has 0 unspecified atom stereocenters. The lowest BCUT2D eigenvalue weighted by Crippen LogP contribution is -1.98. The zero-order chi connectivity index (χ0) is 10.8. The van der Waals surface area contributed by atoms with Gasteiger partial charge in [-0.3, -0.25) is 4.98 Å².